The van der Waals surface area contributed by atoms with Gasteiger partial charge in [-0.3, -0.25) is 4.79 Å². The Balaban J connectivity index is 3.18. The third-order valence-electron chi connectivity index (χ3n) is 1.23. The monoisotopic (exact) mass is 160 g/mol. The van der Waals surface area contributed by atoms with Crippen molar-refractivity contribution < 1.29 is 9.90 Å². The molecule has 0 heterocycles. The summed E-state index contributed by atoms with van der Waals surface area (Å²) >= 11 is 0. The van der Waals surface area contributed by atoms with Gasteiger partial charge in [0.1, 0.15) is 6.10 Å². The Hall–Kier alpha value is -0.610. The molecule has 4 heteroatoms. The molecular weight excluding hydrogens is 144 g/mol. The number of nitrogens with one attached hydrogen (secondary N) is 2. The van der Waals surface area contributed by atoms with E-state index in [1.54, 1.807) is 0 Å². The highest BCUT2D eigenvalue weighted by Gasteiger charge is 2.05. The fraction of sp³-hybridized carbons (Fsp3) is 0.857. The summed E-state index contributed by atoms with van der Waals surface area (Å²) in [5, 5.41) is 14.4. The molecule has 3 N–H and O–H groups in total. The molecule has 0 aromatic heterocycles. The first-order valence-electron chi connectivity index (χ1n) is 3.85. The lowest BCUT2D eigenvalue weighted by Crippen LogP contribution is -2.37. The van der Waals surface area contributed by atoms with Crippen LogP contribution in [0, 0.1) is 0 Å². The van der Waals surface area contributed by atoms with Crippen molar-refractivity contribution in [1.82, 2.24) is 10.6 Å². The first kappa shape index (κ1) is 10.4. The lowest BCUT2D eigenvalue weighted by molar-refractivity contribution is -0.128. The zero-order valence-electron chi connectivity index (χ0n) is 7.05. The second-order valence-electron chi connectivity index (χ2n) is 2.32. The van der Waals surface area contributed by atoms with Gasteiger partial charge in [0.25, 0.3) is 0 Å². The Morgan fingerprint density at radius 1 is 1.55 bits per heavy atom. The van der Waals surface area contributed by atoms with Crippen LogP contribution in [0.1, 0.15) is 13.8 Å². The Kier molecular flexibility index (Phi) is 5.78. The molecule has 0 aliphatic heterocycles. The molecule has 0 rings (SSSR count). The Morgan fingerprint density at radius 3 is 2.64 bits per heavy atom. The molecule has 0 aliphatic rings. The molecule has 0 radical (unpaired) electrons. The quantitative estimate of drug-likeness (QED) is 0.456. The molecule has 1 atom stereocenters. The van der Waals surface area contributed by atoms with E-state index in [4.69, 9.17) is 5.11 Å². The van der Waals surface area contributed by atoms with E-state index in [9.17, 15) is 4.79 Å². The van der Waals surface area contributed by atoms with Crippen LogP contribution in [0.4, 0.5) is 0 Å². The van der Waals surface area contributed by atoms with Gasteiger partial charge in [0, 0.05) is 13.1 Å². The van der Waals surface area contributed by atoms with Gasteiger partial charge in [-0.05, 0) is 13.5 Å². The average Bonchev–Trinajstić information content (AvgIpc) is 1.97. The summed E-state index contributed by atoms with van der Waals surface area (Å²) in [7, 11) is 0. The number of rotatable bonds is 5. The molecule has 11 heavy (non-hydrogen) atoms. The fourth-order valence-electron chi connectivity index (χ4n) is 0.599. The number of aliphatic hydroxyl groups is 1. The van der Waals surface area contributed by atoms with Gasteiger partial charge in [0.2, 0.25) is 5.91 Å². The van der Waals surface area contributed by atoms with Crippen LogP contribution in [0.3, 0.4) is 0 Å². The maximum absolute atomic E-state index is 10.7. The van der Waals surface area contributed by atoms with Gasteiger partial charge in [0.05, 0.1) is 0 Å². The van der Waals surface area contributed by atoms with Crippen LogP contribution in [0.25, 0.3) is 0 Å². The topological polar surface area (TPSA) is 61.4 Å². The van der Waals surface area contributed by atoms with Crippen LogP contribution in [0.5, 0.6) is 0 Å². The number of likely N-dealkylation sites (N-methyl/N-ethyl adjacent to an activating group) is 1. The number of hydrogen-bond acceptors (Lipinski definition) is 3. The van der Waals surface area contributed by atoms with Gasteiger partial charge in [-0.25, -0.2) is 0 Å². The third kappa shape index (κ3) is 5.82. The van der Waals surface area contributed by atoms with Crippen molar-refractivity contribution >= 4 is 5.91 Å². The highest BCUT2D eigenvalue weighted by molar-refractivity contribution is 5.79. The lowest BCUT2D eigenvalue weighted by Gasteiger charge is -2.06. The summed E-state index contributed by atoms with van der Waals surface area (Å²) in [6.45, 7) is 5.65. The molecular formula is C7H16N2O2. The van der Waals surface area contributed by atoms with Crippen LogP contribution in [-0.4, -0.2) is 36.8 Å². The number of carbonyl (C=O) groups is 1. The van der Waals surface area contributed by atoms with Crippen LogP contribution in [0.15, 0.2) is 0 Å². The molecule has 1 amide bonds. The van der Waals surface area contributed by atoms with E-state index in [1.807, 2.05) is 6.92 Å². The predicted molar refractivity (Wildman–Crippen MR) is 43.2 cm³/mol. The molecule has 0 spiro atoms. The van der Waals surface area contributed by atoms with E-state index in [-0.39, 0.29) is 5.91 Å². The van der Waals surface area contributed by atoms with E-state index in [0.717, 1.165) is 13.1 Å². The maximum atomic E-state index is 10.7. The predicted octanol–water partition coefficient (Wildman–Crippen LogP) is -0.907. The molecule has 1 unspecified atom stereocenters. The van der Waals surface area contributed by atoms with Crippen LogP contribution in [-0.2, 0) is 4.79 Å². The molecule has 0 fully saturated rings. The molecule has 66 valence electrons. The van der Waals surface area contributed by atoms with Crippen molar-refractivity contribution in [3.63, 3.8) is 0 Å². The first-order chi connectivity index (χ1) is 5.18. The van der Waals surface area contributed by atoms with Gasteiger partial charge < -0.3 is 15.7 Å². The van der Waals surface area contributed by atoms with Crippen LogP contribution in [0.2, 0.25) is 0 Å². The Bertz CT molecular complexity index is 115. The number of aliphatic hydroxyl groups excluding tert-OH is 1. The van der Waals surface area contributed by atoms with Crippen molar-refractivity contribution in [2.75, 3.05) is 19.6 Å². The molecule has 0 saturated carbocycles. The lowest BCUT2D eigenvalue weighted by atomic mass is 10.4. The second kappa shape index (κ2) is 6.12. The standard InChI is InChI=1S/C7H16N2O2/c1-3-8-4-5-9-7(11)6(2)10/h6,8,10H,3-5H2,1-2H3,(H,9,11). The minimum Gasteiger partial charge on any atom is -0.384 e. The van der Waals surface area contributed by atoms with Gasteiger partial charge in [0.15, 0.2) is 0 Å². The summed E-state index contributed by atoms with van der Waals surface area (Å²) in [5.74, 6) is -0.317. The van der Waals surface area contributed by atoms with Crippen molar-refractivity contribution in [1.29, 1.82) is 0 Å². The van der Waals surface area contributed by atoms with Crippen LogP contribution >= 0.6 is 0 Å². The van der Waals surface area contributed by atoms with Crippen molar-refractivity contribution in [2.45, 2.75) is 20.0 Å². The van der Waals surface area contributed by atoms with E-state index >= 15 is 0 Å². The zero-order valence-corrected chi connectivity index (χ0v) is 7.05. The highest BCUT2D eigenvalue weighted by Crippen LogP contribution is 1.76. The minimum absolute atomic E-state index is 0.317. The first-order valence-corrected chi connectivity index (χ1v) is 3.85. The van der Waals surface area contributed by atoms with E-state index in [0.29, 0.717) is 6.54 Å². The number of carbonyl (C=O) groups excluding carboxylic acids is 1. The summed E-state index contributed by atoms with van der Waals surface area (Å²) in [6.07, 6.45) is -0.906. The average molecular weight is 160 g/mol. The minimum atomic E-state index is -0.906. The van der Waals surface area contributed by atoms with Gasteiger partial charge >= 0.3 is 0 Å². The van der Waals surface area contributed by atoms with Crippen LogP contribution < -0.4 is 10.6 Å². The number of amides is 1. The van der Waals surface area contributed by atoms with E-state index < -0.39 is 6.10 Å². The van der Waals surface area contributed by atoms with Gasteiger partial charge in [-0.15, -0.1) is 0 Å². The number of hydrogen-bond donors (Lipinski definition) is 3. The maximum Gasteiger partial charge on any atom is 0.248 e. The molecule has 4 nitrogen and oxygen atoms in total. The summed E-state index contributed by atoms with van der Waals surface area (Å²) in [5.41, 5.74) is 0. The van der Waals surface area contributed by atoms with Crippen molar-refractivity contribution in [2.24, 2.45) is 0 Å². The highest BCUT2D eigenvalue weighted by atomic mass is 16.3. The largest absolute Gasteiger partial charge is 0.384 e. The fourth-order valence-corrected chi connectivity index (χ4v) is 0.599. The third-order valence-corrected chi connectivity index (χ3v) is 1.23. The molecule has 0 bridgehead atoms. The zero-order chi connectivity index (χ0) is 8.69. The molecule has 0 aromatic carbocycles. The van der Waals surface area contributed by atoms with Gasteiger partial charge in [-0.1, -0.05) is 6.92 Å². The summed E-state index contributed by atoms with van der Waals surface area (Å²) < 4.78 is 0. The smallest absolute Gasteiger partial charge is 0.248 e. The summed E-state index contributed by atoms with van der Waals surface area (Å²) in [4.78, 5) is 10.7. The van der Waals surface area contributed by atoms with Crippen molar-refractivity contribution in [3.05, 3.63) is 0 Å². The van der Waals surface area contributed by atoms with Crippen molar-refractivity contribution in [3.8, 4) is 0 Å². The van der Waals surface area contributed by atoms with E-state index in [1.165, 1.54) is 6.92 Å². The second-order valence-corrected chi connectivity index (χ2v) is 2.32. The Morgan fingerprint density at radius 2 is 2.18 bits per heavy atom. The molecule has 0 aromatic rings. The normalized spacial score (nSPS) is 12.6. The van der Waals surface area contributed by atoms with E-state index in [2.05, 4.69) is 10.6 Å². The Labute approximate surface area is 67.0 Å². The molecule has 0 saturated heterocycles. The van der Waals surface area contributed by atoms with Gasteiger partial charge in [-0.2, -0.15) is 0 Å². The summed E-state index contributed by atoms with van der Waals surface area (Å²) in [6, 6.07) is 0. The SMILES string of the molecule is CCNCCNC(=O)C(C)O. The molecule has 0 aliphatic carbocycles.